The Morgan fingerprint density at radius 1 is 0.680 bits per heavy atom. The maximum atomic E-state index is 5.13. The summed E-state index contributed by atoms with van der Waals surface area (Å²) in [5.74, 6) is 0. The molecule has 0 aliphatic carbocycles. The fraction of sp³-hybridized carbons (Fsp3) is 0.174. The summed E-state index contributed by atoms with van der Waals surface area (Å²) in [6, 6.07) is 28.4. The van der Waals surface area contributed by atoms with Crippen LogP contribution in [-0.2, 0) is 0 Å². The fourth-order valence-electron chi connectivity index (χ4n) is 3.15. The van der Waals surface area contributed by atoms with Crippen molar-refractivity contribution in [1.29, 1.82) is 0 Å². The van der Waals surface area contributed by atoms with E-state index in [2.05, 4.69) is 92.7 Å². The smallest absolute Gasteiger partial charge is 0.0991 e. The Labute approximate surface area is 153 Å². The van der Waals surface area contributed by atoms with E-state index in [0.717, 1.165) is 5.04 Å². The number of benzene rings is 3. The average Bonchev–Trinajstić information content (AvgIpc) is 3.09. The lowest BCUT2D eigenvalue weighted by atomic mass is 9.98. The van der Waals surface area contributed by atoms with Crippen LogP contribution in [0.4, 0.5) is 0 Å². The van der Waals surface area contributed by atoms with Crippen LogP contribution >= 0.6 is 11.8 Å². The second-order valence-corrected chi connectivity index (χ2v) is 7.74. The van der Waals surface area contributed by atoms with Crippen molar-refractivity contribution in [3.63, 3.8) is 0 Å². The van der Waals surface area contributed by atoms with E-state index in [9.17, 15) is 0 Å². The summed E-state index contributed by atoms with van der Waals surface area (Å²) < 4.78 is 0. The molecule has 1 nitrogen and oxygen atoms in total. The van der Waals surface area contributed by atoms with E-state index in [1.165, 1.54) is 27.8 Å². The molecule has 4 rings (SSSR count). The van der Waals surface area contributed by atoms with E-state index in [-0.39, 0.29) is 6.04 Å². The van der Waals surface area contributed by atoms with Crippen LogP contribution < -0.4 is 0 Å². The average molecular weight is 343 g/mol. The Hall–Kier alpha value is -2.32. The van der Waals surface area contributed by atoms with Crippen molar-refractivity contribution in [2.75, 3.05) is 0 Å². The van der Waals surface area contributed by atoms with Gasteiger partial charge in [0.25, 0.3) is 0 Å². The zero-order chi connectivity index (χ0) is 17.2. The van der Waals surface area contributed by atoms with Crippen molar-refractivity contribution in [3.05, 3.63) is 107 Å². The summed E-state index contributed by atoms with van der Waals surface area (Å²) in [5.41, 5.74) is 6.40. The summed E-state index contributed by atoms with van der Waals surface area (Å²) in [4.78, 5) is 5.13. The first-order valence-corrected chi connectivity index (χ1v) is 9.52. The lowest BCUT2D eigenvalue weighted by Gasteiger charge is -2.18. The molecule has 0 aromatic heterocycles. The highest BCUT2D eigenvalue weighted by molar-refractivity contribution is 8.14. The molecule has 3 aromatic carbocycles. The molecule has 0 spiro atoms. The van der Waals surface area contributed by atoms with Crippen LogP contribution in [0.25, 0.3) is 0 Å². The molecule has 25 heavy (non-hydrogen) atoms. The fourth-order valence-corrected chi connectivity index (χ4v) is 4.48. The van der Waals surface area contributed by atoms with E-state index < -0.39 is 0 Å². The predicted octanol–water partition coefficient (Wildman–Crippen LogP) is 6.28. The van der Waals surface area contributed by atoms with Crippen molar-refractivity contribution in [2.45, 2.75) is 25.1 Å². The minimum Gasteiger partial charge on any atom is -0.268 e. The number of hydrogen-bond acceptors (Lipinski definition) is 2. The van der Waals surface area contributed by atoms with Crippen LogP contribution in [0.2, 0.25) is 0 Å². The van der Waals surface area contributed by atoms with Gasteiger partial charge in [-0.1, -0.05) is 102 Å². The first-order chi connectivity index (χ1) is 12.2. The van der Waals surface area contributed by atoms with Crippen molar-refractivity contribution >= 4 is 16.8 Å². The molecule has 1 heterocycles. The molecule has 0 saturated heterocycles. The van der Waals surface area contributed by atoms with Crippen molar-refractivity contribution in [3.8, 4) is 0 Å². The lowest BCUT2D eigenvalue weighted by molar-refractivity contribution is 0.724. The largest absolute Gasteiger partial charge is 0.268 e. The van der Waals surface area contributed by atoms with Gasteiger partial charge in [0.2, 0.25) is 0 Å². The van der Waals surface area contributed by atoms with Crippen molar-refractivity contribution in [1.82, 2.24) is 0 Å². The van der Waals surface area contributed by atoms with E-state index in [1.54, 1.807) is 0 Å². The summed E-state index contributed by atoms with van der Waals surface area (Å²) in [7, 11) is 0. The first kappa shape index (κ1) is 16.2. The number of aryl methyl sites for hydroxylation is 2. The first-order valence-electron chi connectivity index (χ1n) is 8.64. The Kier molecular flexibility index (Phi) is 4.46. The Morgan fingerprint density at radius 3 is 1.92 bits per heavy atom. The molecule has 0 N–H and O–H groups in total. The molecule has 2 heteroatoms. The van der Waals surface area contributed by atoms with E-state index in [4.69, 9.17) is 4.99 Å². The van der Waals surface area contributed by atoms with Crippen LogP contribution in [-0.4, -0.2) is 5.04 Å². The monoisotopic (exact) mass is 343 g/mol. The van der Waals surface area contributed by atoms with Crippen LogP contribution in [0.5, 0.6) is 0 Å². The number of aliphatic imine (C=N–C) groups is 1. The minimum absolute atomic E-state index is 0.157. The van der Waals surface area contributed by atoms with Crippen molar-refractivity contribution in [2.24, 2.45) is 4.99 Å². The Morgan fingerprint density at radius 2 is 1.28 bits per heavy atom. The van der Waals surface area contributed by atoms with E-state index >= 15 is 0 Å². The van der Waals surface area contributed by atoms with Crippen LogP contribution in [0.15, 0.2) is 83.9 Å². The molecule has 0 fully saturated rings. The molecule has 3 aromatic rings. The lowest BCUT2D eigenvalue weighted by Crippen LogP contribution is -2.02. The minimum atomic E-state index is 0.157. The predicted molar refractivity (Wildman–Crippen MR) is 108 cm³/mol. The molecule has 0 bridgehead atoms. The van der Waals surface area contributed by atoms with Gasteiger partial charge >= 0.3 is 0 Å². The standard InChI is InChI=1S/C23H21NS/c1-16-8-12-18(13-9-16)21-22(19-6-4-3-5-7-19)25-23(24-21)20-14-10-17(2)11-15-20/h3-15,21-22H,1-2H3. The van der Waals surface area contributed by atoms with Gasteiger partial charge in [-0.05, 0) is 25.0 Å². The van der Waals surface area contributed by atoms with Crippen LogP contribution in [0, 0.1) is 13.8 Å². The van der Waals surface area contributed by atoms with Gasteiger partial charge in [0.1, 0.15) is 0 Å². The number of nitrogens with zero attached hydrogens (tertiary/aromatic N) is 1. The molecule has 124 valence electrons. The van der Waals surface area contributed by atoms with Gasteiger partial charge in [-0.2, -0.15) is 0 Å². The molecule has 2 unspecified atom stereocenters. The maximum absolute atomic E-state index is 5.13. The summed E-state index contributed by atoms with van der Waals surface area (Å²) in [6.07, 6.45) is 0. The zero-order valence-corrected chi connectivity index (χ0v) is 15.3. The highest BCUT2D eigenvalue weighted by Crippen LogP contribution is 2.49. The highest BCUT2D eigenvalue weighted by Gasteiger charge is 2.33. The number of rotatable bonds is 3. The third-order valence-corrected chi connectivity index (χ3v) is 5.98. The summed E-state index contributed by atoms with van der Waals surface area (Å²) in [6.45, 7) is 4.25. The maximum Gasteiger partial charge on any atom is 0.0991 e. The zero-order valence-electron chi connectivity index (χ0n) is 14.5. The van der Waals surface area contributed by atoms with Gasteiger partial charge < -0.3 is 0 Å². The topological polar surface area (TPSA) is 12.4 Å². The molecular weight excluding hydrogens is 322 g/mol. The van der Waals surface area contributed by atoms with Gasteiger partial charge in [0, 0.05) is 5.56 Å². The van der Waals surface area contributed by atoms with Gasteiger partial charge in [0.15, 0.2) is 0 Å². The third-order valence-electron chi connectivity index (χ3n) is 4.63. The van der Waals surface area contributed by atoms with Crippen LogP contribution in [0.1, 0.15) is 39.1 Å². The van der Waals surface area contributed by atoms with E-state index in [0.29, 0.717) is 5.25 Å². The number of thioether (sulfide) groups is 1. The molecule has 1 aliphatic rings. The molecule has 1 aliphatic heterocycles. The van der Waals surface area contributed by atoms with E-state index in [1.807, 2.05) is 11.8 Å². The molecule has 2 atom stereocenters. The normalized spacial score (nSPS) is 19.7. The SMILES string of the molecule is Cc1ccc(C2=NC(c3ccc(C)cc3)C(c3ccccc3)S2)cc1. The Bertz CT molecular complexity index is 880. The van der Waals surface area contributed by atoms with Gasteiger partial charge in [-0.15, -0.1) is 0 Å². The molecule has 0 radical (unpaired) electrons. The van der Waals surface area contributed by atoms with Crippen LogP contribution in [0.3, 0.4) is 0 Å². The second-order valence-electron chi connectivity index (χ2n) is 6.60. The summed E-state index contributed by atoms with van der Waals surface area (Å²) >= 11 is 1.88. The molecular formula is C23H21NS. The molecule has 0 amide bonds. The quantitative estimate of drug-likeness (QED) is 0.545. The third kappa shape index (κ3) is 3.40. The van der Waals surface area contributed by atoms with Gasteiger partial charge in [-0.3, -0.25) is 4.99 Å². The molecule has 0 saturated carbocycles. The second kappa shape index (κ2) is 6.89. The Balaban J connectivity index is 1.74. The van der Waals surface area contributed by atoms with Crippen molar-refractivity contribution < 1.29 is 0 Å². The van der Waals surface area contributed by atoms with Gasteiger partial charge in [-0.25, -0.2) is 0 Å². The highest BCUT2D eigenvalue weighted by atomic mass is 32.2. The van der Waals surface area contributed by atoms with Gasteiger partial charge in [0.05, 0.1) is 16.3 Å². The number of hydrogen-bond donors (Lipinski definition) is 0. The summed E-state index contributed by atoms with van der Waals surface area (Å²) in [5, 5.41) is 1.46.